The van der Waals surface area contributed by atoms with E-state index in [1.165, 1.54) is 6.07 Å². The molecule has 0 bridgehead atoms. The summed E-state index contributed by atoms with van der Waals surface area (Å²) >= 11 is 0. The molecule has 0 saturated carbocycles. The Balaban J connectivity index is 1.26. The number of carbonyl (C=O) groups is 1. The minimum Gasteiger partial charge on any atom is -0.490 e. The normalized spacial score (nSPS) is 12.2. The topological polar surface area (TPSA) is 63.2 Å². The molecule has 5 nitrogen and oxygen atoms in total. The molecule has 0 fully saturated rings. The summed E-state index contributed by atoms with van der Waals surface area (Å²) in [5, 5.41) is 8.61. The van der Waals surface area contributed by atoms with E-state index in [2.05, 4.69) is 21.7 Å². The van der Waals surface area contributed by atoms with Gasteiger partial charge in [0.15, 0.2) is 11.6 Å². The second-order valence-electron chi connectivity index (χ2n) is 8.65. The van der Waals surface area contributed by atoms with Crippen LogP contribution in [0.5, 0.6) is 5.75 Å². The fraction of sp³-hybridized carbons (Fsp3) is 0.0667. The summed E-state index contributed by atoms with van der Waals surface area (Å²) in [5.74, 6) is -0.325. The lowest BCUT2D eigenvalue weighted by Gasteiger charge is -2.13. The first kappa shape index (κ1) is 21.8. The summed E-state index contributed by atoms with van der Waals surface area (Å²) < 4.78 is 19.4. The molecule has 0 aliphatic carbocycles. The number of nitrogens with one attached hydrogen (secondary N) is 2. The van der Waals surface area contributed by atoms with Crippen molar-refractivity contribution in [2.75, 3.05) is 17.2 Å². The fourth-order valence-corrected chi connectivity index (χ4v) is 4.52. The number of aromatic nitrogens is 1. The third-order valence-electron chi connectivity index (χ3n) is 6.34. The SMILES string of the molecule is O=C1Nc2cc(CCOc3ccccc3F)ccc2Nc2cc(-c3cccc4cnccc34)ccc21. The zero-order chi connectivity index (χ0) is 24.5. The molecular weight excluding hydrogens is 453 g/mol. The van der Waals surface area contributed by atoms with Gasteiger partial charge in [0.1, 0.15) is 0 Å². The lowest BCUT2D eigenvalue weighted by Crippen LogP contribution is -2.11. The third-order valence-corrected chi connectivity index (χ3v) is 6.34. The Morgan fingerprint density at radius 2 is 1.72 bits per heavy atom. The number of fused-ring (bicyclic) bond motifs is 3. The predicted octanol–water partition coefficient (Wildman–Crippen LogP) is 6.97. The van der Waals surface area contributed by atoms with E-state index >= 15 is 0 Å². The number of carbonyl (C=O) groups excluding carboxylic acids is 1. The van der Waals surface area contributed by atoms with Gasteiger partial charge in [0.25, 0.3) is 5.91 Å². The standard InChI is InChI=1S/C30H22FN3O2/c31-25-6-1-2-7-29(25)36-15-13-19-8-11-26-28(16-19)34-30(35)24-10-9-20(17-27(24)33-26)22-5-3-4-21-18-32-14-12-23(21)22/h1-12,14,16-18,33H,13,15H2,(H,34,35). The van der Waals surface area contributed by atoms with Gasteiger partial charge in [-0.05, 0) is 64.5 Å². The van der Waals surface area contributed by atoms with E-state index in [0.717, 1.165) is 38.8 Å². The number of rotatable bonds is 5. The molecule has 0 unspecified atom stereocenters. The Morgan fingerprint density at radius 3 is 2.64 bits per heavy atom. The molecule has 0 spiro atoms. The van der Waals surface area contributed by atoms with Gasteiger partial charge >= 0.3 is 0 Å². The first-order valence-electron chi connectivity index (χ1n) is 11.7. The molecule has 36 heavy (non-hydrogen) atoms. The predicted molar refractivity (Wildman–Crippen MR) is 140 cm³/mol. The van der Waals surface area contributed by atoms with Crippen LogP contribution in [0.25, 0.3) is 21.9 Å². The van der Waals surface area contributed by atoms with Crippen LogP contribution in [0, 0.1) is 5.82 Å². The molecule has 1 amide bonds. The molecule has 4 aromatic carbocycles. The van der Waals surface area contributed by atoms with Crippen molar-refractivity contribution in [1.82, 2.24) is 4.98 Å². The van der Waals surface area contributed by atoms with E-state index < -0.39 is 0 Å². The average molecular weight is 476 g/mol. The van der Waals surface area contributed by atoms with E-state index in [0.29, 0.717) is 24.3 Å². The molecule has 176 valence electrons. The van der Waals surface area contributed by atoms with Crippen molar-refractivity contribution in [3.63, 3.8) is 0 Å². The van der Waals surface area contributed by atoms with Crippen LogP contribution in [-0.4, -0.2) is 17.5 Å². The van der Waals surface area contributed by atoms with E-state index in [9.17, 15) is 9.18 Å². The molecule has 1 aromatic heterocycles. The number of hydrogen-bond donors (Lipinski definition) is 2. The van der Waals surface area contributed by atoms with Gasteiger partial charge < -0.3 is 15.4 Å². The quantitative estimate of drug-likeness (QED) is 0.288. The Morgan fingerprint density at radius 1 is 0.806 bits per heavy atom. The Kier molecular flexibility index (Phi) is 5.54. The minimum atomic E-state index is -0.381. The molecule has 1 aliphatic rings. The minimum absolute atomic E-state index is 0.176. The summed E-state index contributed by atoms with van der Waals surface area (Å²) in [6.07, 6.45) is 4.21. The van der Waals surface area contributed by atoms with Crippen LogP contribution < -0.4 is 15.4 Å². The van der Waals surface area contributed by atoms with Crippen molar-refractivity contribution in [1.29, 1.82) is 0 Å². The van der Waals surface area contributed by atoms with Gasteiger partial charge in [0.2, 0.25) is 0 Å². The van der Waals surface area contributed by atoms with Crippen molar-refractivity contribution in [3.05, 3.63) is 114 Å². The van der Waals surface area contributed by atoms with Gasteiger partial charge in [-0.1, -0.05) is 42.5 Å². The summed E-state index contributed by atoms with van der Waals surface area (Å²) in [4.78, 5) is 17.3. The summed E-state index contributed by atoms with van der Waals surface area (Å²) in [6.45, 7) is 0.325. The van der Waals surface area contributed by atoms with E-state index in [-0.39, 0.29) is 17.5 Å². The fourth-order valence-electron chi connectivity index (χ4n) is 4.52. The van der Waals surface area contributed by atoms with Crippen LogP contribution in [0.3, 0.4) is 0 Å². The van der Waals surface area contributed by atoms with Gasteiger partial charge in [0, 0.05) is 24.2 Å². The molecule has 6 heteroatoms. The average Bonchev–Trinajstić information content (AvgIpc) is 3.04. The van der Waals surface area contributed by atoms with E-state index in [1.807, 2.05) is 60.8 Å². The van der Waals surface area contributed by atoms with Crippen molar-refractivity contribution in [3.8, 4) is 16.9 Å². The van der Waals surface area contributed by atoms with Crippen molar-refractivity contribution in [2.24, 2.45) is 0 Å². The highest BCUT2D eigenvalue weighted by atomic mass is 19.1. The number of ether oxygens (including phenoxy) is 1. The van der Waals surface area contributed by atoms with Gasteiger partial charge in [-0.15, -0.1) is 0 Å². The van der Waals surface area contributed by atoms with Crippen molar-refractivity contribution < 1.29 is 13.9 Å². The smallest absolute Gasteiger partial charge is 0.257 e. The summed E-state index contributed by atoms with van der Waals surface area (Å²) in [6, 6.07) is 26.2. The summed E-state index contributed by atoms with van der Waals surface area (Å²) in [7, 11) is 0. The second kappa shape index (κ2) is 9.15. The van der Waals surface area contributed by atoms with Crippen LogP contribution in [0.2, 0.25) is 0 Å². The van der Waals surface area contributed by atoms with Gasteiger partial charge in [0.05, 0.1) is 29.2 Å². The van der Waals surface area contributed by atoms with E-state index in [4.69, 9.17) is 4.74 Å². The highest BCUT2D eigenvalue weighted by Crippen LogP contribution is 2.36. The Hall–Kier alpha value is -4.71. The number of anilines is 3. The zero-order valence-corrected chi connectivity index (χ0v) is 19.3. The number of hydrogen-bond acceptors (Lipinski definition) is 4. The largest absolute Gasteiger partial charge is 0.490 e. The number of amides is 1. The molecular formula is C30H22FN3O2. The van der Waals surface area contributed by atoms with Gasteiger partial charge in [-0.25, -0.2) is 4.39 Å². The third kappa shape index (κ3) is 4.14. The highest BCUT2D eigenvalue weighted by molar-refractivity contribution is 6.13. The maximum absolute atomic E-state index is 13.8. The van der Waals surface area contributed by atoms with Crippen LogP contribution in [0.15, 0.2) is 97.3 Å². The first-order valence-corrected chi connectivity index (χ1v) is 11.7. The molecule has 0 atom stereocenters. The number of para-hydroxylation sites is 1. The van der Waals surface area contributed by atoms with Crippen molar-refractivity contribution in [2.45, 2.75) is 6.42 Å². The maximum atomic E-state index is 13.8. The molecule has 1 aliphatic heterocycles. The van der Waals surface area contributed by atoms with E-state index in [1.54, 1.807) is 24.4 Å². The molecule has 2 N–H and O–H groups in total. The molecule has 0 radical (unpaired) electrons. The molecule has 6 rings (SSSR count). The molecule has 2 heterocycles. The van der Waals surface area contributed by atoms with Crippen LogP contribution in [0.4, 0.5) is 21.5 Å². The van der Waals surface area contributed by atoms with Crippen molar-refractivity contribution >= 4 is 33.7 Å². The van der Waals surface area contributed by atoms with Gasteiger partial charge in [-0.3, -0.25) is 9.78 Å². The van der Waals surface area contributed by atoms with Gasteiger partial charge in [-0.2, -0.15) is 0 Å². The number of pyridine rings is 1. The maximum Gasteiger partial charge on any atom is 0.257 e. The summed E-state index contributed by atoms with van der Waals surface area (Å²) in [5.41, 5.74) is 5.87. The highest BCUT2D eigenvalue weighted by Gasteiger charge is 2.20. The lowest BCUT2D eigenvalue weighted by atomic mass is 9.97. The molecule has 5 aromatic rings. The zero-order valence-electron chi connectivity index (χ0n) is 19.3. The number of benzene rings is 4. The van der Waals surface area contributed by atoms with Crippen LogP contribution in [0.1, 0.15) is 15.9 Å². The first-order chi connectivity index (χ1) is 17.7. The Bertz CT molecular complexity index is 1610. The lowest BCUT2D eigenvalue weighted by molar-refractivity contribution is 0.102. The van der Waals surface area contributed by atoms with Crippen LogP contribution in [-0.2, 0) is 6.42 Å². The number of nitrogens with zero attached hydrogens (tertiary/aromatic N) is 1. The number of halogens is 1. The Labute approximate surface area is 207 Å². The van der Waals surface area contributed by atoms with Crippen LogP contribution >= 0.6 is 0 Å². The second-order valence-corrected chi connectivity index (χ2v) is 8.65. The monoisotopic (exact) mass is 475 g/mol. The molecule has 0 saturated heterocycles.